The molecular formula is C15H21FN2O2. The summed E-state index contributed by atoms with van der Waals surface area (Å²) in [5, 5.41) is 12.2. The van der Waals surface area contributed by atoms with E-state index in [0.717, 1.165) is 19.4 Å². The van der Waals surface area contributed by atoms with E-state index >= 15 is 0 Å². The second-order valence-corrected chi connectivity index (χ2v) is 5.41. The van der Waals surface area contributed by atoms with Gasteiger partial charge < -0.3 is 10.4 Å². The summed E-state index contributed by atoms with van der Waals surface area (Å²) in [5.74, 6) is -0.510. The topological polar surface area (TPSA) is 52.6 Å². The number of aliphatic hydroxyl groups is 1. The third-order valence-corrected chi connectivity index (χ3v) is 3.57. The van der Waals surface area contributed by atoms with Crippen molar-refractivity contribution in [3.05, 3.63) is 30.1 Å². The van der Waals surface area contributed by atoms with Crippen LogP contribution in [-0.4, -0.2) is 41.1 Å². The third-order valence-electron chi connectivity index (χ3n) is 3.57. The van der Waals surface area contributed by atoms with Gasteiger partial charge in [-0.05, 0) is 50.9 Å². The van der Waals surface area contributed by atoms with Gasteiger partial charge in [-0.1, -0.05) is 6.07 Å². The number of nitrogens with one attached hydrogen (secondary N) is 1. The van der Waals surface area contributed by atoms with E-state index in [0.29, 0.717) is 12.1 Å². The van der Waals surface area contributed by atoms with Crippen LogP contribution in [0.25, 0.3) is 0 Å². The predicted molar refractivity (Wildman–Crippen MR) is 75.9 cm³/mol. The number of hydrogen-bond donors (Lipinski definition) is 2. The molecule has 1 aromatic rings. The Hall–Kier alpha value is -1.46. The van der Waals surface area contributed by atoms with Gasteiger partial charge in [0.25, 0.3) is 0 Å². The summed E-state index contributed by atoms with van der Waals surface area (Å²) >= 11 is 0. The van der Waals surface area contributed by atoms with E-state index in [1.54, 1.807) is 19.1 Å². The summed E-state index contributed by atoms with van der Waals surface area (Å²) in [6.07, 6.45) is 2.39. The minimum absolute atomic E-state index is 0.145. The molecular weight excluding hydrogens is 259 g/mol. The van der Waals surface area contributed by atoms with Crippen LogP contribution in [0.3, 0.4) is 0 Å². The van der Waals surface area contributed by atoms with Crippen molar-refractivity contribution in [1.29, 1.82) is 0 Å². The van der Waals surface area contributed by atoms with Crippen molar-refractivity contribution >= 4 is 11.6 Å². The molecule has 1 aliphatic rings. The molecule has 2 unspecified atom stereocenters. The van der Waals surface area contributed by atoms with Gasteiger partial charge in [0.05, 0.1) is 12.6 Å². The molecule has 0 spiro atoms. The number of halogens is 1. The predicted octanol–water partition coefficient (Wildman–Crippen LogP) is 2.00. The maximum atomic E-state index is 13.0. The van der Waals surface area contributed by atoms with Crippen LogP contribution in [0.1, 0.15) is 26.2 Å². The highest BCUT2D eigenvalue weighted by Crippen LogP contribution is 2.21. The molecule has 0 aliphatic carbocycles. The molecule has 1 amide bonds. The van der Waals surface area contributed by atoms with E-state index in [2.05, 4.69) is 10.2 Å². The highest BCUT2D eigenvalue weighted by atomic mass is 19.1. The zero-order valence-electron chi connectivity index (χ0n) is 11.7. The van der Waals surface area contributed by atoms with Crippen LogP contribution in [0.2, 0.25) is 0 Å². The number of anilines is 1. The van der Waals surface area contributed by atoms with Crippen molar-refractivity contribution in [2.45, 2.75) is 38.3 Å². The van der Waals surface area contributed by atoms with Gasteiger partial charge >= 0.3 is 0 Å². The lowest BCUT2D eigenvalue weighted by Crippen LogP contribution is -2.38. The van der Waals surface area contributed by atoms with Crippen LogP contribution in [0.5, 0.6) is 0 Å². The largest absolute Gasteiger partial charge is 0.393 e. The maximum Gasteiger partial charge on any atom is 0.238 e. The minimum Gasteiger partial charge on any atom is -0.393 e. The van der Waals surface area contributed by atoms with Gasteiger partial charge in [0.1, 0.15) is 5.82 Å². The van der Waals surface area contributed by atoms with Gasteiger partial charge in [-0.3, -0.25) is 9.69 Å². The van der Waals surface area contributed by atoms with Crippen LogP contribution in [0.15, 0.2) is 24.3 Å². The molecule has 0 aromatic heterocycles. The summed E-state index contributed by atoms with van der Waals surface area (Å²) in [6.45, 7) is 2.92. The van der Waals surface area contributed by atoms with E-state index in [1.807, 2.05) is 0 Å². The fourth-order valence-corrected chi connectivity index (χ4v) is 2.72. The number of carbonyl (C=O) groups is 1. The van der Waals surface area contributed by atoms with Crippen LogP contribution < -0.4 is 5.32 Å². The van der Waals surface area contributed by atoms with Gasteiger partial charge in [-0.25, -0.2) is 4.39 Å². The molecule has 110 valence electrons. The zero-order valence-corrected chi connectivity index (χ0v) is 11.7. The number of rotatable bonds is 5. The Bertz CT molecular complexity index is 465. The molecule has 1 fully saturated rings. The summed E-state index contributed by atoms with van der Waals surface area (Å²) < 4.78 is 13.0. The normalized spacial score (nSPS) is 20.9. The summed E-state index contributed by atoms with van der Waals surface area (Å²) in [4.78, 5) is 14.1. The smallest absolute Gasteiger partial charge is 0.238 e. The molecule has 20 heavy (non-hydrogen) atoms. The quantitative estimate of drug-likeness (QED) is 0.867. The Balaban J connectivity index is 1.87. The number of aliphatic hydroxyl groups excluding tert-OH is 1. The van der Waals surface area contributed by atoms with Gasteiger partial charge in [-0.2, -0.15) is 0 Å². The number of amides is 1. The van der Waals surface area contributed by atoms with E-state index in [1.165, 1.54) is 12.1 Å². The first-order valence-corrected chi connectivity index (χ1v) is 7.02. The van der Waals surface area contributed by atoms with Gasteiger partial charge in [0, 0.05) is 11.7 Å². The molecule has 0 radical (unpaired) electrons. The average molecular weight is 280 g/mol. The molecule has 1 heterocycles. The van der Waals surface area contributed by atoms with Crippen LogP contribution >= 0.6 is 0 Å². The molecule has 1 aliphatic heterocycles. The number of carbonyl (C=O) groups excluding carboxylic acids is 1. The lowest BCUT2D eigenvalue weighted by molar-refractivity contribution is -0.117. The average Bonchev–Trinajstić information content (AvgIpc) is 2.75. The fourth-order valence-electron chi connectivity index (χ4n) is 2.72. The van der Waals surface area contributed by atoms with Crippen molar-refractivity contribution in [3.8, 4) is 0 Å². The fraction of sp³-hybridized carbons (Fsp3) is 0.533. The lowest BCUT2D eigenvalue weighted by atomic mass is 10.1. The zero-order chi connectivity index (χ0) is 14.5. The van der Waals surface area contributed by atoms with E-state index in [4.69, 9.17) is 0 Å². The Morgan fingerprint density at radius 1 is 1.60 bits per heavy atom. The number of benzene rings is 1. The minimum atomic E-state index is -0.365. The van der Waals surface area contributed by atoms with Gasteiger partial charge in [0.2, 0.25) is 5.91 Å². The van der Waals surface area contributed by atoms with Gasteiger partial charge in [0.15, 0.2) is 0 Å². The maximum absolute atomic E-state index is 13.0. The first-order chi connectivity index (χ1) is 9.54. The summed E-state index contributed by atoms with van der Waals surface area (Å²) in [5.41, 5.74) is 0.473. The van der Waals surface area contributed by atoms with Crippen molar-refractivity contribution in [1.82, 2.24) is 4.90 Å². The first kappa shape index (κ1) is 14.9. The standard InChI is InChI=1S/C15H21FN2O2/c1-11(19)8-14-6-3-7-18(14)10-15(20)17-13-5-2-4-12(16)9-13/h2,4-5,9,11,14,19H,3,6-8,10H2,1H3,(H,17,20). The van der Waals surface area contributed by atoms with E-state index < -0.39 is 0 Å². The van der Waals surface area contributed by atoms with E-state index in [9.17, 15) is 14.3 Å². The summed E-state index contributed by atoms with van der Waals surface area (Å²) in [7, 11) is 0. The molecule has 2 atom stereocenters. The Kier molecular flexibility index (Phi) is 5.09. The summed E-state index contributed by atoms with van der Waals surface area (Å²) in [6, 6.07) is 6.13. The highest BCUT2D eigenvalue weighted by Gasteiger charge is 2.27. The number of likely N-dealkylation sites (tertiary alicyclic amines) is 1. The molecule has 2 N–H and O–H groups in total. The lowest BCUT2D eigenvalue weighted by Gasteiger charge is -2.24. The Morgan fingerprint density at radius 2 is 2.40 bits per heavy atom. The first-order valence-electron chi connectivity index (χ1n) is 7.02. The molecule has 2 rings (SSSR count). The molecule has 0 saturated carbocycles. The van der Waals surface area contributed by atoms with Crippen molar-refractivity contribution in [2.24, 2.45) is 0 Å². The number of nitrogens with zero attached hydrogens (tertiary/aromatic N) is 1. The monoisotopic (exact) mass is 280 g/mol. The Labute approximate surface area is 118 Å². The van der Waals surface area contributed by atoms with Crippen molar-refractivity contribution in [3.63, 3.8) is 0 Å². The molecule has 5 heteroatoms. The molecule has 0 bridgehead atoms. The van der Waals surface area contributed by atoms with Gasteiger partial charge in [-0.15, -0.1) is 0 Å². The molecule has 1 saturated heterocycles. The molecule has 1 aromatic carbocycles. The van der Waals surface area contributed by atoms with Crippen LogP contribution in [0, 0.1) is 5.82 Å². The molecule has 4 nitrogen and oxygen atoms in total. The van der Waals surface area contributed by atoms with Crippen LogP contribution in [0.4, 0.5) is 10.1 Å². The van der Waals surface area contributed by atoms with Crippen LogP contribution in [-0.2, 0) is 4.79 Å². The second-order valence-electron chi connectivity index (χ2n) is 5.41. The van der Waals surface area contributed by atoms with E-state index in [-0.39, 0.29) is 30.4 Å². The van der Waals surface area contributed by atoms with Crippen molar-refractivity contribution < 1.29 is 14.3 Å². The Morgan fingerprint density at radius 3 is 3.10 bits per heavy atom. The second kappa shape index (κ2) is 6.81. The third kappa shape index (κ3) is 4.28. The number of hydrogen-bond acceptors (Lipinski definition) is 3. The SMILES string of the molecule is CC(O)CC1CCCN1CC(=O)Nc1cccc(F)c1. The van der Waals surface area contributed by atoms with Crippen molar-refractivity contribution in [2.75, 3.05) is 18.4 Å². The highest BCUT2D eigenvalue weighted by molar-refractivity contribution is 5.92.